The number of aryl methyl sites for hydroxylation is 1. The van der Waals surface area contributed by atoms with Gasteiger partial charge in [0.2, 0.25) is 0 Å². The Hall–Kier alpha value is -3.32. The fraction of sp³-hybridized carbons (Fsp3) is 0.0556. The number of rotatable bonds is 4. The lowest BCUT2D eigenvalue weighted by Crippen LogP contribution is -2.21. The van der Waals surface area contributed by atoms with E-state index in [1.807, 2.05) is 43.3 Å². The van der Waals surface area contributed by atoms with Gasteiger partial charge in [-0.1, -0.05) is 30.3 Å². The van der Waals surface area contributed by atoms with Crippen LogP contribution in [0, 0.1) is 6.92 Å². The molecule has 0 aliphatic rings. The molecule has 0 bridgehead atoms. The molecular weight excluding hydrogens is 352 g/mol. The van der Waals surface area contributed by atoms with Crippen molar-refractivity contribution in [3.63, 3.8) is 0 Å². The predicted octanol–water partition coefficient (Wildman–Crippen LogP) is 2.96. The molecule has 0 saturated heterocycles. The number of hydrogen-bond donors (Lipinski definition) is 4. The van der Waals surface area contributed by atoms with Gasteiger partial charge in [-0.2, -0.15) is 5.10 Å². The van der Waals surface area contributed by atoms with Crippen LogP contribution in [0.2, 0.25) is 0 Å². The minimum absolute atomic E-state index is 0. The number of nitrogens with one attached hydrogen (secondary N) is 2. The number of hydrogen-bond acceptors (Lipinski definition) is 3. The molecule has 0 atom stereocenters. The average Bonchev–Trinajstić information content (AvgIpc) is 3.07. The molecule has 0 aliphatic heterocycles. The van der Waals surface area contributed by atoms with Crippen molar-refractivity contribution >= 4 is 35.6 Å². The van der Waals surface area contributed by atoms with Gasteiger partial charge in [0.25, 0.3) is 5.91 Å². The first-order chi connectivity index (χ1) is 12.0. The summed E-state index contributed by atoms with van der Waals surface area (Å²) in [4.78, 5) is 16.3. The van der Waals surface area contributed by atoms with E-state index in [-0.39, 0.29) is 24.3 Å². The lowest BCUT2D eigenvalue weighted by atomic mass is 10.1. The molecule has 3 aromatic rings. The summed E-state index contributed by atoms with van der Waals surface area (Å²) in [7, 11) is 0. The number of carbonyl (C=O) groups is 1. The average molecular weight is 371 g/mol. The first kappa shape index (κ1) is 19.0. The van der Waals surface area contributed by atoms with Crippen molar-refractivity contribution in [1.82, 2.24) is 10.2 Å². The van der Waals surface area contributed by atoms with E-state index in [0.717, 1.165) is 16.8 Å². The molecule has 0 fully saturated rings. The molecule has 26 heavy (non-hydrogen) atoms. The maximum absolute atomic E-state index is 12.4. The highest BCUT2D eigenvalue weighted by Crippen LogP contribution is 2.22. The highest BCUT2D eigenvalue weighted by Gasteiger charge is 2.12. The van der Waals surface area contributed by atoms with Gasteiger partial charge in [0.1, 0.15) is 5.69 Å². The third-order valence-electron chi connectivity index (χ3n) is 3.64. The number of carbonyl (C=O) groups excluding carboxylic acids is 1. The van der Waals surface area contributed by atoms with E-state index in [2.05, 4.69) is 20.5 Å². The van der Waals surface area contributed by atoms with E-state index in [1.54, 1.807) is 18.2 Å². The number of amides is 1. The SMILES string of the molecule is Cc1ccccc1NC(=O)c1cc(-c2ccc(N=C(N)N)cc2)n[nH]1.Cl. The van der Waals surface area contributed by atoms with Gasteiger partial charge >= 0.3 is 0 Å². The molecule has 0 unspecified atom stereocenters. The minimum Gasteiger partial charge on any atom is -0.370 e. The smallest absolute Gasteiger partial charge is 0.273 e. The topological polar surface area (TPSA) is 122 Å². The van der Waals surface area contributed by atoms with Gasteiger partial charge in [0.05, 0.1) is 11.4 Å². The van der Waals surface area contributed by atoms with Crippen LogP contribution in [-0.4, -0.2) is 22.1 Å². The van der Waals surface area contributed by atoms with Crippen LogP contribution >= 0.6 is 12.4 Å². The molecular formula is C18H19ClN6O. The van der Waals surface area contributed by atoms with Gasteiger partial charge in [0, 0.05) is 11.3 Å². The van der Waals surface area contributed by atoms with Gasteiger partial charge < -0.3 is 16.8 Å². The van der Waals surface area contributed by atoms with Crippen LogP contribution < -0.4 is 16.8 Å². The van der Waals surface area contributed by atoms with Gasteiger partial charge in [-0.15, -0.1) is 12.4 Å². The zero-order chi connectivity index (χ0) is 17.8. The van der Waals surface area contributed by atoms with Crippen molar-refractivity contribution in [2.45, 2.75) is 6.92 Å². The number of guanidine groups is 1. The standard InChI is InChI=1S/C18H18N6O.ClH/c1-11-4-2-3-5-14(11)22-17(25)16-10-15(23-24-16)12-6-8-13(9-7-12)21-18(19)20;/h2-10H,1H3,(H,22,25)(H,23,24)(H4,19,20,21);1H. The summed E-state index contributed by atoms with van der Waals surface area (Å²) < 4.78 is 0. The van der Waals surface area contributed by atoms with Crippen LogP contribution in [0.4, 0.5) is 11.4 Å². The number of nitrogens with zero attached hydrogens (tertiary/aromatic N) is 2. The molecule has 0 saturated carbocycles. The molecule has 0 radical (unpaired) electrons. The van der Waals surface area contributed by atoms with Crippen LogP contribution in [0.3, 0.4) is 0 Å². The van der Waals surface area contributed by atoms with Crippen molar-refractivity contribution in [1.29, 1.82) is 0 Å². The number of nitrogens with two attached hydrogens (primary N) is 2. The second-order valence-electron chi connectivity index (χ2n) is 5.52. The van der Waals surface area contributed by atoms with Crippen LogP contribution in [0.15, 0.2) is 59.6 Å². The number of aromatic amines is 1. The Kier molecular flexibility index (Phi) is 5.98. The van der Waals surface area contributed by atoms with E-state index in [1.165, 1.54) is 0 Å². The zero-order valence-corrected chi connectivity index (χ0v) is 14.9. The van der Waals surface area contributed by atoms with Crippen molar-refractivity contribution in [3.05, 3.63) is 65.9 Å². The van der Waals surface area contributed by atoms with Gasteiger partial charge in [-0.3, -0.25) is 9.89 Å². The zero-order valence-electron chi connectivity index (χ0n) is 14.1. The fourth-order valence-electron chi connectivity index (χ4n) is 2.34. The lowest BCUT2D eigenvalue weighted by Gasteiger charge is -2.06. The molecule has 134 valence electrons. The highest BCUT2D eigenvalue weighted by molar-refractivity contribution is 6.03. The first-order valence-electron chi connectivity index (χ1n) is 7.65. The van der Waals surface area contributed by atoms with E-state index < -0.39 is 0 Å². The van der Waals surface area contributed by atoms with E-state index >= 15 is 0 Å². The van der Waals surface area contributed by atoms with Crippen molar-refractivity contribution in [2.24, 2.45) is 16.5 Å². The Bertz CT molecular complexity index is 929. The lowest BCUT2D eigenvalue weighted by molar-refractivity contribution is 0.102. The Balaban J connectivity index is 0.00000243. The summed E-state index contributed by atoms with van der Waals surface area (Å²) >= 11 is 0. The van der Waals surface area contributed by atoms with Gasteiger partial charge in [-0.25, -0.2) is 4.99 Å². The van der Waals surface area contributed by atoms with E-state index in [9.17, 15) is 4.79 Å². The monoisotopic (exact) mass is 370 g/mol. The second kappa shape index (κ2) is 8.17. The number of benzene rings is 2. The third-order valence-corrected chi connectivity index (χ3v) is 3.64. The summed E-state index contributed by atoms with van der Waals surface area (Å²) in [5, 5.41) is 9.82. The number of halogens is 1. The van der Waals surface area contributed by atoms with Crippen molar-refractivity contribution in [2.75, 3.05) is 5.32 Å². The molecule has 0 aliphatic carbocycles. The second-order valence-corrected chi connectivity index (χ2v) is 5.52. The van der Waals surface area contributed by atoms with E-state index in [4.69, 9.17) is 11.5 Å². The number of aliphatic imine (C=N–C) groups is 1. The predicted molar refractivity (Wildman–Crippen MR) is 106 cm³/mol. The normalized spacial score (nSPS) is 9.88. The maximum Gasteiger partial charge on any atom is 0.273 e. The number of anilines is 1. The van der Waals surface area contributed by atoms with Crippen molar-refractivity contribution in [3.8, 4) is 11.3 Å². The summed E-state index contributed by atoms with van der Waals surface area (Å²) in [5.74, 6) is -0.243. The molecule has 0 spiro atoms. The first-order valence-corrected chi connectivity index (χ1v) is 7.65. The Morgan fingerprint density at radius 2 is 1.81 bits per heavy atom. The number of H-pyrrole nitrogens is 1. The van der Waals surface area contributed by atoms with Crippen LogP contribution in [0.25, 0.3) is 11.3 Å². The highest BCUT2D eigenvalue weighted by atomic mass is 35.5. The van der Waals surface area contributed by atoms with E-state index in [0.29, 0.717) is 17.1 Å². The summed E-state index contributed by atoms with van der Waals surface area (Å²) in [5.41, 5.74) is 15.0. The van der Waals surface area contributed by atoms with Crippen LogP contribution in [0.5, 0.6) is 0 Å². The quantitative estimate of drug-likeness (QED) is 0.416. The largest absolute Gasteiger partial charge is 0.370 e. The molecule has 1 aromatic heterocycles. The summed E-state index contributed by atoms with van der Waals surface area (Å²) in [6.07, 6.45) is 0. The molecule has 2 aromatic carbocycles. The molecule has 6 N–H and O–H groups in total. The molecule has 1 amide bonds. The summed E-state index contributed by atoms with van der Waals surface area (Å²) in [6, 6.07) is 16.5. The number of para-hydroxylation sites is 1. The summed E-state index contributed by atoms with van der Waals surface area (Å²) in [6.45, 7) is 1.94. The van der Waals surface area contributed by atoms with Gasteiger partial charge in [0.15, 0.2) is 5.96 Å². The number of aromatic nitrogens is 2. The Morgan fingerprint density at radius 1 is 1.12 bits per heavy atom. The maximum atomic E-state index is 12.4. The third kappa shape index (κ3) is 4.40. The molecule has 7 nitrogen and oxygen atoms in total. The Labute approximate surface area is 156 Å². The van der Waals surface area contributed by atoms with Crippen LogP contribution in [0.1, 0.15) is 16.1 Å². The van der Waals surface area contributed by atoms with Crippen LogP contribution in [-0.2, 0) is 0 Å². The molecule has 3 rings (SSSR count). The van der Waals surface area contributed by atoms with Crippen molar-refractivity contribution < 1.29 is 4.79 Å². The fourth-order valence-corrected chi connectivity index (χ4v) is 2.34. The Morgan fingerprint density at radius 3 is 2.46 bits per heavy atom. The minimum atomic E-state index is -0.245. The molecule has 1 heterocycles. The molecule has 8 heteroatoms. The van der Waals surface area contributed by atoms with Gasteiger partial charge in [-0.05, 0) is 36.8 Å².